The summed E-state index contributed by atoms with van der Waals surface area (Å²) in [7, 11) is 0. The molecule has 1 aromatic heterocycles. The number of rotatable bonds is 2. The van der Waals surface area contributed by atoms with E-state index >= 15 is 0 Å². The van der Waals surface area contributed by atoms with Crippen molar-refractivity contribution in [1.82, 2.24) is 4.57 Å². The lowest BCUT2D eigenvalue weighted by Gasteiger charge is -2.07. The van der Waals surface area contributed by atoms with Gasteiger partial charge in [-0.2, -0.15) is 5.26 Å². The van der Waals surface area contributed by atoms with Crippen LogP contribution >= 0.6 is 0 Å². The van der Waals surface area contributed by atoms with Crippen molar-refractivity contribution < 1.29 is 0 Å². The molecule has 0 aliphatic rings. The number of aromatic nitrogens is 1. The van der Waals surface area contributed by atoms with E-state index in [9.17, 15) is 0 Å². The van der Waals surface area contributed by atoms with Crippen LogP contribution < -0.4 is 0 Å². The van der Waals surface area contributed by atoms with Crippen LogP contribution in [0, 0.1) is 18.3 Å². The minimum atomic E-state index is 0.741. The first-order valence-corrected chi connectivity index (χ1v) is 5.42. The normalized spacial score (nSPS) is 10.1. The van der Waals surface area contributed by atoms with Crippen LogP contribution in [0.15, 0.2) is 36.5 Å². The van der Waals surface area contributed by atoms with Crippen LogP contribution in [0.1, 0.15) is 18.1 Å². The van der Waals surface area contributed by atoms with Crippen LogP contribution in [-0.4, -0.2) is 4.57 Å². The summed E-state index contributed by atoms with van der Waals surface area (Å²) in [6.45, 7) is 5.03. The van der Waals surface area contributed by atoms with E-state index in [1.54, 1.807) is 0 Å². The van der Waals surface area contributed by atoms with E-state index in [-0.39, 0.29) is 0 Å². The molecule has 0 N–H and O–H groups in total. The fourth-order valence-corrected chi connectivity index (χ4v) is 1.86. The fraction of sp³-hybridized carbons (Fsp3) is 0.214. The van der Waals surface area contributed by atoms with Crippen LogP contribution in [0.25, 0.3) is 11.3 Å². The molecule has 0 spiro atoms. The Bertz CT molecular complexity index is 527. The van der Waals surface area contributed by atoms with Crippen molar-refractivity contribution >= 4 is 0 Å². The minimum Gasteiger partial charge on any atom is -0.347 e. The van der Waals surface area contributed by atoms with E-state index < -0.39 is 0 Å². The summed E-state index contributed by atoms with van der Waals surface area (Å²) in [6.07, 6.45) is 1.97. The van der Waals surface area contributed by atoms with Gasteiger partial charge in [-0.05, 0) is 25.5 Å². The lowest BCUT2D eigenvalue weighted by molar-refractivity contribution is 0.776. The predicted molar refractivity (Wildman–Crippen MR) is 65.0 cm³/mol. The maximum Gasteiger partial charge on any atom is 0.101 e. The molecule has 0 radical (unpaired) electrons. The molecule has 2 rings (SSSR count). The van der Waals surface area contributed by atoms with Crippen LogP contribution in [0.4, 0.5) is 0 Å². The van der Waals surface area contributed by atoms with Crippen LogP contribution in [0.2, 0.25) is 0 Å². The molecule has 2 heteroatoms. The second-order valence-electron chi connectivity index (χ2n) is 3.84. The Morgan fingerprint density at radius 1 is 1.19 bits per heavy atom. The molecule has 0 fully saturated rings. The van der Waals surface area contributed by atoms with Crippen molar-refractivity contribution in [3.05, 3.63) is 47.7 Å². The topological polar surface area (TPSA) is 28.7 Å². The van der Waals surface area contributed by atoms with Crippen LogP contribution in [-0.2, 0) is 6.54 Å². The standard InChI is InChI=1S/C14H14N2/c1-3-16-9-8-13(10-15)14(16)12-6-4-11(2)5-7-12/h4-9H,3H2,1-2H3. The Morgan fingerprint density at radius 3 is 2.44 bits per heavy atom. The highest BCUT2D eigenvalue weighted by Gasteiger charge is 2.09. The van der Waals surface area contributed by atoms with Gasteiger partial charge in [0, 0.05) is 12.7 Å². The van der Waals surface area contributed by atoms with Gasteiger partial charge < -0.3 is 4.57 Å². The molecule has 2 nitrogen and oxygen atoms in total. The number of nitriles is 1. The van der Waals surface area contributed by atoms with Crippen LogP contribution in [0.3, 0.4) is 0 Å². The van der Waals surface area contributed by atoms with E-state index in [1.165, 1.54) is 5.56 Å². The van der Waals surface area contributed by atoms with Crippen molar-refractivity contribution in [1.29, 1.82) is 5.26 Å². The summed E-state index contributed by atoms with van der Waals surface area (Å²) in [4.78, 5) is 0. The largest absolute Gasteiger partial charge is 0.347 e. The third-order valence-corrected chi connectivity index (χ3v) is 2.75. The van der Waals surface area contributed by atoms with Crippen molar-refractivity contribution in [2.24, 2.45) is 0 Å². The molecule has 0 saturated carbocycles. The summed E-state index contributed by atoms with van der Waals surface area (Å²) < 4.78 is 2.10. The molecule has 0 aliphatic carbocycles. The van der Waals surface area contributed by atoms with Gasteiger partial charge in [0.1, 0.15) is 6.07 Å². The number of aryl methyl sites for hydroxylation is 2. The first kappa shape index (κ1) is 10.5. The molecular formula is C14H14N2. The van der Waals surface area contributed by atoms with Crippen LogP contribution in [0.5, 0.6) is 0 Å². The smallest absolute Gasteiger partial charge is 0.101 e. The summed E-state index contributed by atoms with van der Waals surface area (Å²) in [5, 5.41) is 9.08. The summed E-state index contributed by atoms with van der Waals surface area (Å²) in [6, 6.07) is 12.4. The van der Waals surface area contributed by atoms with Gasteiger partial charge >= 0.3 is 0 Å². The Labute approximate surface area is 95.8 Å². The molecule has 1 aromatic carbocycles. The fourth-order valence-electron chi connectivity index (χ4n) is 1.86. The van der Waals surface area contributed by atoms with Crippen molar-refractivity contribution in [2.45, 2.75) is 20.4 Å². The molecule has 0 aliphatic heterocycles. The van der Waals surface area contributed by atoms with Crippen molar-refractivity contribution in [2.75, 3.05) is 0 Å². The number of hydrogen-bond acceptors (Lipinski definition) is 1. The molecule has 0 bridgehead atoms. The SMILES string of the molecule is CCn1ccc(C#N)c1-c1ccc(C)cc1. The third-order valence-electron chi connectivity index (χ3n) is 2.75. The lowest BCUT2D eigenvalue weighted by atomic mass is 10.1. The second kappa shape index (κ2) is 4.24. The van der Waals surface area contributed by atoms with Gasteiger partial charge in [0.15, 0.2) is 0 Å². The zero-order valence-corrected chi connectivity index (χ0v) is 9.57. The molecule has 80 valence electrons. The Balaban J connectivity index is 2.58. The Hall–Kier alpha value is -2.01. The summed E-state index contributed by atoms with van der Waals surface area (Å²) >= 11 is 0. The van der Waals surface area contributed by atoms with E-state index in [0.717, 1.165) is 23.4 Å². The van der Waals surface area contributed by atoms with E-state index in [0.29, 0.717) is 0 Å². The monoisotopic (exact) mass is 210 g/mol. The molecule has 2 aromatic rings. The summed E-state index contributed by atoms with van der Waals surface area (Å²) in [5.74, 6) is 0. The molecule has 0 atom stereocenters. The average molecular weight is 210 g/mol. The number of benzene rings is 1. The van der Waals surface area contributed by atoms with Gasteiger partial charge in [0.25, 0.3) is 0 Å². The third kappa shape index (κ3) is 1.72. The van der Waals surface area contributed by atoms with Gasteiger partial charge in [-0.15, -0.1) is 0 Å². The van der Waals surface area contributed by atoms with Gasteiger partial charge in [-0.25, -0.2) is 0 Å². The zero-order valence-electron chi connectivity index (χ0n) is 9.57. The quantitative estimate of drug-likeness (QED) is 0.747. The molecule has 0 saturated heterocycles. The highest BCUT2D eigenvalue weighted by atomic mass is 15.0. The molecular weight excluding hydrogens is 196 g/mol. The maximum atomic E-state index is 9.08. The highest BCUT2D eigenvalue weighted by Crippen LogP contribution is 2.24. The molecule has 16 heavy (non-hydrogen) atoms. The van der Waals surface area contributed by atoms with Crippen molar-refractivity contribution in [3.63, 3.8) is 0 Å². The lowest BCUT2D eigenvalue weighted by Crippen LogP contribution is -1.96. The Kier molecular flexibility index (Phi) is 2.78. The first-order valence-electron chi connectivity index (χ1n) is 5.42. The number of hydrogen-bond donors (Lipinski definition) is 0. The zero-order chi connectivity index (χ0) is 11.5. The maximum absolute atomic E-state index is 9.08. The minimum absolute atomic E-state index is 0.741. The van der Waals surface area contributed by atoms with Crippen molar-refractivity contribution in [3.8, 4) is 17.3 Å². The van der Waals surface area contributed by atoms with Gasteiger partial charge in [-0.3, -0.25) is 0 Å². The van der Waals surface area contributed by atoms with Gasteiger partial charge in [0.05, 0.1) is 11.3 Å². The van der Waals surface area contributed by atoms with Gasteiger partial charge in [-0.1, -0.05) is 29.8 Å². The molecule has 1 heterocycles. The van der Waals surface area contributed by atoms with E-state index in [2.05, 4.69) is 48.7 Å². The Morgan fingerprint density at radius 2 is 1.88 bits per heavy atom. The second-order valence-corrected chi connectivity index (χ2v) is 3.84. The predicted octanol–water partition coefficient (Wildman–Crippen LogP) is 3.36. The summed E-state index contributed by atoms with van der Waals surface area (Å²) in [5.41, 5.74) is 4.10. The molecule has 0 amide bonds. The first-order chi connectivity index (χ1) is 7.76. The highest BCUT2D eigenvalue weighted by molar-refractivity contribution is 5.67. The average Bonchev–Trinajstić information content (AvgIpc) is 2.73. The number of nitrogens with zero attached hydrogens (tertiary/aromatic N) is 2. The van der Waals surface area contributed by atoms with Gasteiger partial charge in [0.2, 0.25) is 0 Å². The van der Waals surface area contributed by atoms with E-state index in [1.807, 2.05) is 12.3 Å². The van der Waals surface area contributed by atoms with E-state index in [4.69, 9.17) is 5.26 Å². The molecule has 0 unspecified atom stereocenters.